The summed E-state index contributed by atoms with van der Waals surface area (Å²) in [5.74, 6) is -2.05. The fraction of sp³-hybridized carbons (Fsp3) is 0.516. The van der Waals surface area contributed by atoms with Crippen molar-refractivity contribution < 1.29 is 62.9 Å². The summed E-state index contributed by atoms with van der Waals surface area (Å²) in [6.07, 6.45) is -0.653. The van der Waals surface area contributed by atoms with E-state index in [1.54, 1.807) is 12.2 Å². The van der Waals surface area contributed by atoms with Gasteiger partial charge in [-0.1, -0.05) is 77.4 Å². The number of carbonyl (C=O) groups is 3. The highest BCUT2D eigenvalue weighted by Gasteiger charge is 2.50. The minimum Gasteiger partial charge on any atom is -0.457 e. The number of halogens is 1. The summed E-state index contributed by atoms with van der Waals surface area (Å²) in [7, 11) is 0. The maximum atomic E-state index is 13.2. The number of anilines is 4. The minimum atomic E-state index is -1.50. The number of esters is 3. The van der Waals surface area contributed by atoms with Crippen LogP contribution >= 0.6 is 11.6 Å². The first kappa shape index (κ1) is 77.7. The maximum absolute atomic E-state index is 13.2. The van der Waals surface area contributed by atoms with E-state index in [0.29, 0.717) is 29.5 Å². The highest BCUT2D eigenvalue weighted by Crippen LogP contribution is 2.42. The third-order valence-corrected chi connectivity index (χ3v) is 18.4. The molecule has 13 N–H and O–H groups in total. The molecule has 8 aromatic rings. The van der Waals surface area contributed by atoms with Gasteiger partial charge in [0.05, 0.1) is 31.1 Å². The normalized spacial score (nSPS) is 25.6. The molecule has 0 bridgehead atoms. The molecule has 104 heavy (non-hydrogen) atoms. The molecule has 8 aromatic heterocycles. The number of nitrogens with one attached hydrogen (secondary N) is 2. The summed E-state index contributed by atoms with van der Waals surface area (Å²) in [6.45, 7) is 30.2. The maximum Gasteiger partial charge on any atom is 0.333 e. The van der Waals surface area contributed by atoms with Crippen LogP contribution in [0.5, 0.6) is 0 Å². The van der Waals surface area contributed by atoms with Gasteiger partial charge < -0.3 is 71.4 Å². The molecule has 16 atom stereocenters. The lowest BCUT2D eigenvalue weighted by atomic mass is 9.98. The molecule has 4 aliphatic rings. The van der Waals surface area contributed by atoms with Crippen LogP contribution in [-0.2, 0) is 73.7 Å². The highest BCUT2D eigenvalue weighted by atomic mass is 35.5. The summed E-state index contributed by atoms with van der Waals surface area (Å²) < 4.78 is 50.2. The summed E-state index contributed by atoms with van der Waals surface area (Å²) in [4.78, 5) is 141. The van der Waals surface area contributed by atoms with Crippen molar-refractivity contribution in [2.24, 2.45) is 17.8 Å². The number of nitrogens with zero attached hydrogens (tertiary/aromatic N) is 14. The Balaban J connectivity index is 0.000000161. The number of hydrogen-bond donors (Lipinski definition) is 9. The van der Waals surface area contributed by atoms with Gasteiger partial charge in [0.25, 0.3) is 11.1 Å². The molecule has 562 valence electrons. The van der Waals surface area contributed by atoms with Crippen molar-refractivity contribution in [1.29, 1.82) is 0 Å². The van der Waals surface area contributed by atoms with Crippen LogP contribution < -0.4 is 56.8 Å². The smallest absolute Gasteiger partial charge is 0.333 e. The van der Waals surface area contributed by atoms with Crippen LogP contribution in [0.25, 0.3) is 44.7 Å². The van der Waals surface area contributed by atoms with Gasteiger partial charge in [-0.15, -0.1) is 26.3 Å². The molecule has 0 amide bonds. The van der Waals surface area contributed by atoms with Crippen molar-refractivity contribution in [2.45, 2.75) is 188 Å². The average molecular weight is 1470 g/mol. The monoisotopic (exact) mass is 1470 g/mol. The number of carbonyl (C=O) groups excluding carboxylic acids is 3. The number of rotatable bonds is 19. The number of H-pyrrole nitrogens is 2. The Bertz CT molecular complexity index is 4980. The van der Waals surface area contributed by atoms with Gasteiger partial charge in [-0.05, 0) is 19.3 Å². The van der Waals surface area contributed by atoms with E-state index in [1.807, 2.05) is 41.5 Å². The van der Waals surface area contributed by atoms with Crippen LogP contribution in [0.3, 0.4) is 0 Å². The van der Waals surface area contributed by atoms with Gasteiger partial charge in [-0.25, -0.2) is 42.4 Å². The Kier molecular flexibility index (Phi) is 24.0. The number of nitrogen functional groups attached to an aromatic ring is 4. The van der Waals surface area contributed by atoms with E-state index in [9.17, 15) is 58.5 Å². The summed E-state index contributed by atoms with van der Waals surface area (Å²) in [5.41, 5.74) is 20.9. The number of aliphatic hydroxyl groups excluding tert-OH is 3. The number of fused-ring (bicyclic) bond motifs is 4. The zero-order valence-corrected chi connectivity index (χ0v) is 59.2. The van der Waals surface area contributed by atoms with E-state index >= 15 is 0 Å². The van der Waals surface area contributed by atoms with Crippen molar-refractivity contribution in [3.8, 4) is 0 Å². The van der Waals surface area contributed by atoms with Gasteiger partial charge in [-0.3, -0.25) is 52.2 Å². The van der Waals surface area contributed by atoms with Gasteiger partial charge in [-0.2, -0.15) is 24.9 Å². The average Bonchev–Trinajstić information content (AvgIpc) is 1.65. The van der Waals surface area contributed by atoms with Gasteiger partial charge >= 0.3 is 40.7 Å². The predicted octanol–water partition coefficient (Wildman–Crippen LogP) is 0.922. The molecule has 12 heterocycles. The molecule has 0 spiro atoms. The third-order valence-electron chi connectivity index (χ3n) is 18.2. The zero-order chi connectivity index (χ0) is 76.4. The van der Waals surface area contributed by atoms with Crippen LogP contribution in [0.4, 0.5) is 23.8 Å². The molecule has 12 rings (SSSR count). The zero-order valence-electron chi connectivity index (χ0n) is 58.4. The largest absolute Gasteiger partial charge is 0.457 e. The standard InChI is InChI=1S/C17H22ClN5O4.C17H23N5O5.C17H23N5O4.C13H17N5O6/c1-5-7-22-11-13(18)20-16(19)21-14(11)23(17(22)25)15-12(26-9(4)24)8(3)10(6-2)27-15;1-5-7-21-11-13(19-16(18)20-14(11)24)22(17(21)25)15-12(26-9(4)23)8(3)10(6-2)27-15;1-5-7-21-11-8-19-16(18)20-14(11)22(17(21)24)15-13(25-10(4)23)9(3)12(6-2)26-15;1-2-3-17-6-9(15-12(14)16-10(6)22)18(13(17)23)11-8(21)7(20)5(4-19)24-11/h5,8,10,12,15H,1,6-7H2,2-4H3,(H2,19,20,21);5,8,10,12,15H,1,6-7H2,2-4H3,(H3,18,19,20,24);5,8-9,12-13,15H,1,6-7H2,2-4H3,(H2,18,19,20);2,5,7-8,11,19-21H,1,3-4H2,(H3,14,15,16,22)/t2*8-,10-,12?,15-;9-,12-,13?,15-;5-,7-,8-,11-/m1111/s1. The second kappa shape index (κ2) is 32.1. The summed E-state index contributed by atoms with van der Waals surface area (Å²) >= 11 is 6.24. The molecule has 4 fully saturated rings. The Morgan fingerprint density at radius 2 is 0.846 bits per heavy atom. The van der Waals surface area contributed by atoms with E-state index in [4.69, 9.17) is 67.7 Å². The fourth-order valence-electron chi connectivity index (χ4n) is 13.5. The Labute approximate surface area is 594 Å². The Morgan fingerprint density at radius 3 is 1.21 bits per heavy atom. The van der Waals surface area contributed by atoms with Crippen LogP contribution in [0.1, 0.15) is 106 Å². The van der Waals surface area contributed by atoms with E-state index in [1.165, 1.54) is 66.5 Å². The van der Waals surface area contributed by atoms with E-state index < -0.39 is 114 Å². The Morgan fingerprint density at radius 1 is 0.510 bits per heavy atom. The molecule has 0 saturated carbocycles. The SMILES string of the molecule is C=CCn1c(=O)n([C@@H]2O[C@H](CC)[C@@H](C)C2OC(C)=O)c2nc(N)[nH]c(=O)c21.C=CCn1c(=O)n([C@@H]2O[C@H](CC)[C@@H](C)C2OC(C)=O)c2nc(N)nc(Cl)c21.C=CCn1c(=O)n([C@@H]2O[C@H](CC)[C@@H](C)C2OC(C)=O)c2nc(N)ncc21.C=CCn1c(=O)n([C@@H]2O[C@H](CO)[C@@H](O)[C@H]2O)c2nc(N)[nH]c(=O)c21. The van der Waals surface area contributed by atoms with E-state index in [0.717, 1.165) is 15.6 Å². The van der Waals surface area contributed by atoms with E-state index in [2.05, 4.69) is 66.2 Å². The van der Waals surface area contributed by atoms with Crippen molar-refractivity contribution in [2.75, 3.05) is 29.5 Å². The van der Waals surface area contributed by atoms with Gasteiger partial charge in [0.1, 0.15) is 29.3 Å². The lowest BCUT2D eigenvalue weighted by Gasteiger charge is -2.21. The molecule has 40 heteroatoms. The first-order valence-electron chi connectivity index (χ1n) is 33.1. The number of allylic oxidation sites excluding steroid dienone is 4. The Hall–Kier alpha value is -10.4. The van der Waals surface area contributed by atoms with Gasteiger partial charge in [0, 0.05) is 64.7 Å². The quantitative estimate of drug-likeness (QED) is 0.0235. The number of nitrogens with two attached hydrogens (primary N) is 4. The molecule has 3 unspecified atom stereocenters. The van der Waals surface area contributed by atoms with Crippen LogP contribution in [-0.4, -0.2) is 171 Å². The number of hydrogen-bond acceptors (Lipinski definition) is 29. The van der Waals surface area contributed by atoms with Gasteiger partial charge in [0.15, 0.2) is 82.0 Å². The molecule has 4 aliphatic heterocycles. The van der Waals surface area contributed by atoms with Gasteiger partial charge in [0.2, 0.25) is 23.8 Å². The molecule has 0 radical (unpaired) electrons. The summed E-state index contributed by atoms with van der Waals surface area (Å²) in [6, 6.07) is 0. The van der Waals surface area contributed by atoms with Crippen LogP contribution in [0.15, 0.2) is 85.6 Å². The fourth-order valence-corrected chi connectivity index (χ4v) is 13.8. The molecule has 0 aromatic carbocycles. The number of aromatic amines is 2. The number of aromatic nitrogens is 16. The minimum absolute atomic E-state index is 0.0197. The first-order valence-corrected chi connectivity index (χ1v) is 33.5. The predicted molar refractivity (Wildman–Crippen MR) is 376 cm³/mol. The van der Waals surface area contributed by atoms with Crippen LogP contribution in [0, 0.1) is 17.8 Å². The third kappa shape index (κ3) is 14.6. The van der Waals surface area contributed by atoms with Crippen molar-refractivity contribution in [3.05, 3.63) is 125 Å². The van der Waals surface area contributed by atoms with Crippen molar-refractivity contribution >= 4 is 98.0 Å². The first-order chi connectivity index (χ1) is 49.4. The highest BCUT2D eigenvalue weighted by molar-refractivity contribution is 6.33. The number of ether oxygens (including phenoxy) is 7. The lowest BCUT2D eigenvalue weighted by Crippen LogP contribution is -2.36. The number of aliphatic hydroxyl groups is 3. The topological polar surface area (TPSA) is 531 Å². The lowest BCUT2D eigenvalue weighted by molar-refractivity contribution is -0.154. The molecular weight excluding hydrogens is 1390 g/mol. The second-order valence-electron chi connectivity index (χ2n) is 24.9. The van der Waals surface area contributed by atoms with E-state index in [-0.39, 0.29) is 125 Å². The molecule has 4 saturated heterocycles. The number of imidazole rings is 4. The second-order valence-corrected chi connectivity index (χ2v) is 25.2. The molecule has 0 aliphatic carbocycles. The molecule has 39 nitrogen and oxygen atoms in total. The molecular formula is C64H85ClN20O19. The van der Waals surface area contributed by atoms with Crippen molar-refractivity contribution in [1.82, 2.24) is 76.4 Å². The summed E-state index contributed by atoms with van der Waals surface area (Å²) in [5, 5.41) is 29.3. The van der Waals surface area contributed by atoms with Crippen LogP contribution in [0.2, 0.25) is 5.15 Å². The van der Waals surface area contributed by atoms with Crippen molar-refractivity contribution in [3.63, 3.8) is 0 Å².